The van der Waals surface area contributed by atoms with Crippen molar-refractivity contribution in [3.05, 3.63) is 29.8 Å². The number of likely N-dealkylation sites (N-methyl/N-ethyl adjacent to an activating group) is 4. The highest BCUT2D eigenvalue weighted by Gasteiger charge is 2.35. The van der Waals surface area contributed by atoms with E-state index in [1.54, 1.807) is 84.8 Å². The molecule has 27 heteroatoms. The summed E-state index contributed by atoms with van der Waals surface area (Å²) >= 11 is 0. The van der Waals surface area contributed by atoms with Crippen LogP contribution in [0.1, 0.15) is 66.9 Å². The van der Waals surface area contributed by atoms with Crippen LogP contribution in [0.4, 0.5) is 5.69 Å². The molecule has 0 saturated carbocycles. The normalized spacial score (nSPS) is 13.1. The predicted molar refractivity (Wildman–Crippen MR) is 295 cm³/mol. The van der Waals surface area contributed by atoms with Crippen molar-refractivity contribution in [1.29, 1.82) is 0 Å². The van der Waals surface area contributed by atoms with Gasteiger partial charge in [0.15, 0.2) is 0 Å². The van der Waals surface area contributed by atoms with Crippen molar-refractivity contribution in [2.45, 2.75) is 74.0 Å². The van der Waals surface area contributed by atoms with Crippen molar-refractivity contribution in [1.82, 2.24) is 44.9 Å². The maximum absolute atomic E-state index is 13.5. The quantitative estimate of drug-likeness (QED) is 0.0318. The molecule has 1 aromatic rings. The number of benzene rings is 1. The zero-order valence-electron chi connectivity index (χ0n) is 49.4. The number of nitrogens with one attached hydrogen (secondary N) is 3. The first kappa shape index (κ1) is 71.9. The molecule has 3 N–H and O–H groups in total. The van der Waals surface area contributed by atoms with Gasteiger partial charge in [-0.3, -0.25) is 62.4 Å². The second-order valence-electron chi connectivity index (χ2n) is 19.9. The number of imide groups is 1. The number of nitrogens with zero attached hydrogens (tertiary/aromatic N) is 7. The lowest BCUT2D eigenvalue weighted by Crippen LogP contribution is -2.54. The Kier molecular flexibility index (Phi) is 34.9. The van der Waals surface area contributed by atoms with E-state index in [4.69, 9.17) is 23.7 Å². The summed E-state index contributed by atoms with van der Waals surface area (Å²) in [5.41, 5.74) is 1.15. The summed E-state index contributed by atoms with van der Waals surface area (Å²) in [6, 6.07) is 5.49. The topological polar surface area (TPSA) is 310 Å². The van der Waals surface area contributed by atoms with Crippen LogP contribution in [0.15, 0.2) is 24.3 Å². The molecular formula is C54H88N10O17. The summed E-state index contributed by atoms with van der Waals surface area (Å²) in [7, 11) is 7.78. The van der Waals surface area contributed by atoms with E-state index < -0.39 is 61.1 Å². The Labute approximate surface area is 475 Å². The summed E-state index contributed by atoms with van der Waals surface area (Å²) in [5, 5.41) is 7.81. The van der Waals surface area contributed by atoms with Crippen molar-refractivity contribution in [3.8, 4) is 0 Å². The lowest BCUT2D eigenvalue weighted by atomic mass is 10.0. The lowest BCUT2D eigenvalue weighted by molar-refractivity contribution is -0.148. The molecule has 456 valence electrons. The zero-order valence-corrected chi connectivity index (χ0v) is 49.4. The van der Waals surface area contributed by atoms with Gasteiger partial charge in [0.05, 0.1) is 91.4 Å². The molecule has 2 unspecified atom stereocenters. The van der Waals surface area contributed by atoms with Crippen molar-refractivity contribution >= 4 is 77.1 Å². The fraction of sp³-hybridized carbons (Fsp3) is 0.667. The molecule has 1 aliphatic heterocycles. The number of likely N-dealkylation sites (tertiary alicyclic amines) is 1. The Balaban J connectivity index is 0.00000437. The van der Waals surface area contributed by atoms with Gasteiger partial charge in [0.25, 0.3) is 0 Å². The number of hydrogen-bond donors (Lipinski definition) is 3. The maximum atomic E-state index is 13.5. The van der Waals surface area contributed by atoms with E-state index in [0.29, 0.717) is 17.7 Å². The van der Waals surface area contributed by atoms with Gasteiger partial charge in [0.1, 0.15) is 25.7 Å². The van der Waals surface area contributed by atoms with E-state index >= 15 is 0 Å². The number of hydrogen-bond acceptors (Lipinski definition) is 17. The summed E-state index contributed by atoms with van der Waals surface area (Å²) in [4.78, 5) is 157. The first-order chi connectivity index (χ1) is 38.2. The molecule has 81 heavy (non-hydrogen) atoms. The van der Waals surface area contributed by atoms with Crippen molar-refractivity contribution < 1.29 is 81.2 Å². The minimum atomic E-state index is -1.12. The van der Waals surface area contributed by atoms with Crippen molar-refractivity contribution in [3.63, 3.8) is 0 Å². The molecule has 0 radical (unpaired) electrons. The molecule has 0 bridgehead atoms. The van der Waals surface area contributed by atoms with Gasteiger partial charge in [0, 0.05) is 79.8 Å². The molecular weight excluding hydrogens is 1060 g/mol. The fourth-order valence-corrected chi connectivity index (χ4v) is 6.79. The van der Waals surface area contributed by atoms with Gasteiger partial charge in [-0.25, -0.2) is 0 Å². The van der Waals surface area contributed by atoms with E-state index in [9.17, 15) is 57.5 Å². The molecule has 2 atom stereocenters. The van der Waals surface area contributed by atoms with E-state index in [1.165, 1.54) is 40.7 Å². The third-order valence-corrected chi connectivity index (χ3v) is 12.3. The van der Waals surface area contributed by atoms with Crippen LogP contribution in [0, 0.1) is 17.8 Å². The molecule has 1 aromatic carbocycles. The van der Waals surface area contributed by atoms with E-state index in [2.05, 4.69) is 16.0 Å². The summed E-state index contributed by atoms with van der Waals surface area (Å²) < 4.78 is 27.4. The maximum Gasteiger partial charge on any atom is 0.308 e. The van der Waals surface area contributed by atoms with Gasteiger partial charge in [-0.15, -0.1) is 0 Å². The number of ether oxygens (including phenoxy) is 5. The zero-order chi connectivity index (χ0) is 61.2. The van der Waals surface area contributed by atoms with Gasteiger partial charge >= 0.3 is 5.97 Å². The van der Waals surface area contributed by atoms with Crippen LogP contribution < -0.4 is 16.0 Å². The molecule has 11 amide bonds. The molecule has 0 aliphatic carbocycles. The fourth-order valence-electron chi connectivity index (χ4n) is 6.79. The number of carbonyl (C=O) groups excluding carboxylic acids is 12. The molecule has 1 fully saturated rings. The minimum Gasteiger partial charge on any atom is -0.461 e. The van der Waals surface area contributed by atoms with Crippen LogP contribution in [0.5, 0.6) is 0 Å². The van der Waals surface area contributed by atoms with Crippen LogP contribution in [0.2, 0.25) is 0 Å². The SMILES string of the molecule is CC(C)C(=O)OCc1ccc(NC(=O)CNC(=O)C(NC(=O)CN(CC(=O)N(C)CCOCCOCCN(C)C(=O)CN(C)C(=O)CN(C)C=O)C(=O)CCOCCOCCN2C(=O)CC(C)C2=O)C(C)C)cc1.CCN(C)C(C)=O. The van der Waals surface area contributed by atoms with Gasteiger partial charge in [-0.05, 0) is 30.5 Å². The van der Waals surface area contributed by atoms with Gasteiger partial charge in [-0.2, -0.15) is 0 Å². The Morgan fingerprint density at radius 2 is 1.22 bits per heavy atom. The predicted octanol–water partition coefficient (Wildman–Crippen LogP) is -0.791. The highest BCUT2D eigenvalue weighted by atomic mass is 16.5. The Morgan fingerprint density at radius 3 is 1.72 bits per heavy atom. The van der Waals surface area contributed by atoms with Gasteiger partial charge < -0.3 is 69.0 Å². The lowest BCUT2D eigenvalue weighted by Gasteiger charge is -2.27. The second kappa shape index (κ2) is 39.3. The van der Waals surface area contributed by atoms with Gasteiger partial charge in [-0.1, -0.05) is 46.8 Å². The number of esters is 1. The third kappa shape index (κ3) is 29.8. The highest BCUT2D eigenvalue weighted by molar-refractivity contribution is 6.03. The summed E-state index contributed by atoms with van der Waals surface area (Å²) in [6.45, 7) is 12.4. The number of amides is 11. The summed E-state index contributed by atoms with van der Waals surface area (Å²) in [6.07, 6.45) is 0.464. The molecule has 27 nitrogen and oxygen atoms in total. The smallest absolute Gasteiger partial charge is 0.308 e. The van der Waals surface area contributed by atoms with Crippen LogP contribution in [-0.4, -0.2) is 259 Å². The van der Waals surface area contributed by atoms with Crippen LogP contribution in [0.25, 0.3) is 0 Å². The Morgan fingerprint density at radius 1 is 0.679 bits per heavy atom. The molecule has 2 rings (SSSR count). The van der Waals surface area contributed by atoms with Crippen LogP contribution in [0.3, 0.4) is 0 Å². The number of rotatable bonds is 37. The minimum absolute atomic E-state index is 0.0729. The van der Waals surface area contributed by atoms with Crippen LogP contribution >= 0.6 is 0 Å². The molecule has 0 spiro atoms. The van der Waals surface area contributed by atoms with E-state index in [1.807, 2.05) is 6.92 Å². The summed E-state index contributed by atoms with van der Waals surface area (Å²) in [5.74, 6) is -5.56. The van der Waals surface area contributed by atoms with E-state index in [-0.39, 0.29) is 152 Å². The number of carbonyl (C=O) groups is 12. The molecule has 1 saturated heterocycles. The standard InChI is InChI=1S/C49H77N9O16.C5H11NO/c1-34(2)46(47(67)50-27-39(60)51-38-12-10-37(11-13-38)32-74-49(69)35(3)4)52-40(61)28-57(41(62)14-18-70-22-23-73-21-17-58-42(63)26-36(5)48(58)68)31-45(66)55(8)16-20-72-25-24-71-19-15-54(7)44(65)30-56(9)43(64)29-53(6)33-59;1-4-6(3)5(2)7/h10-13,33-36,46H,14-32H2,1-9H3,(H,50,67)(H,51,60)(H,52,61);4H2,1-3H3. The molecule has 0 aromatic heterocycles. The Bertz CT molecular complexity index is 2220. The van der Waals surface area contributed by atoms with Crippen LogP contribution in [-0.2, 0) is 87.8 Å². The monoisotopic (exact) mass is 1150 g/mol. The highest BCUT2D eigenvalue weighted by Crippen LogP contribution is 2.18. The average molecular weight is 1150 g/mol. The first-order valence-electron chi connectivity index (χ1n) is 26.9. The largest absolute Gasteiger partial charge is 0.461 e. The number of anilines is 1. The Hall–Kier alpha value is -7.10. The van der Waals surface area contributed by atoms with Crippen molar-refractivity contribution in [2.75, 3.05) is 152 Å². The van der Waals surface area contributed by atoms with Crippen molar-refractivity contribution in [2.24, 2.45) is 17.8 Å². The third-order valence-electron chi connectivity index (χ3n) is 12.3. The first-order valence-corrected chi connectivity index (χ1v) is 26.9. The average Bonchev–Trinajstić information content (AvgIpc) is 3.67. The second-order valence-corrected chi connectivity index (χ2v) is 19.9. The molecule has 1 aliphatic rings. The molecule has 1 heterocycles. The van der Waals surface area contributed by atoms with E-state index in [0.717, 1.165) is 16.3 Å². The van der Waals surface area contributed by atoms with Gasteiger partial charge in [0.2, 0.25) is 65.5 Å².